The third-order valence-corrected chi connectivity index (χ3v) is 4.75. The molecule has 7 heteroatoms. The van der Waals surface area contributed by atoms with E-state index in [1.54, 1.807) is 21.0 Å². The second-order valence-electron chi connectivity index (χ2n) is 7.33. The molecule has 0 spiro atoms. The van der Waals surface area contributed by atoms with Crippen LogP contribution < -0.4 is 5.32 Å². The summed E-state index contributed by atoms with van der Waals surface area (Å²) in [4.78, 5) is 30.3. The van der Waals surface area contributed by atoms with Gasteiger partial charge in [0.05, 0.1) is 12.2 Å². The molecule has 1 heterocycles. The molecular formula is C22H31N3O4. The van der Waals surface area contributed by atoms with Crippen molar-refractivity contribution in [2.75, 3.05) is 47.5 Å². The van der Waals surface area contributed by atoms with Crippen LogP contribution in [-0.2, 0) is 9.47 Å². The summed E-state index contributed by atoms with van der Waals surface area (Å²) in [5.41, 5.74) is 3.16. The van der Waals surface area contributed by atoms with Crippen LogP contribution in [0.2, 0.25) is 0 Å². The van der Waals surface area contributed by atoms with Crippen molar-refractivity contribution in [1.82, 2.24) is 15.2 Å². The summed E-state index contributed by atoms with van der Waals surface area (Å²) in [7, 11) is 5.57. The number of hydrogen-bond acceptors (Lipinski definition) is 5. The number of likely N-dealkylation sites (N-methyl/N-ethyl adjacent to an activating group) is 1. The van der Waals surface area contributed by atoms with Crippen LogP contribution >= 0.6 is 0 Å². The quantitative estimate of drug-likeness (QED) is 0.472. The number of methoxy groups -OCH3 is 1. The van der Waals surface area contributed by atoms with Crippen LogP contribution in [0.3, 0.4) is 0 Å². The molecule has 1 atom stereocenters. The molecule has 7 nitrogen and oxygen atoms in total. The molecule has 0 aliphatic carbocycles. The number of hydrogen-bond donors (Lipinski definition) is 2. The Kier molecular flexibility index (Phi) is 8.42. The molecule has 0 bridgehead atoms. The predicted molar refractivity (Wildman–Crippen MR) is 112 cm³/mol. The molecule has 29 heavy (non-hydrogen) atoms. The zero-order valence-electron chi connectivity index (χ0n) is 17.9. The summed E-state index contributed by atoms with van der Waals surface area (Å²) in [5.74, 6) is -0.534. The highest BCUT2D eigenvalue weighted by atomic mass is 16.6. The Balaban J connectivity index is 2.10. The molecule has 0 aliphatic rings. The van der Waals surface area contributed by atoms with Gasteiger partial charge < -0.3 is 24.7 Å². The number of carbonyl (C=O) groups excluding carboxylic acids is 2. The number of aromatic amines is 1. The van der Waals surface area contributed by atoms with Crippen molar-refractivity contribution >= 4 is 11.9 Å². The van der Waals surface area contributed by atoms with Crippen molar-refractivity contribution in [2.24, 2.45) is 0 Å². The van der Waals surface area contributed by atoms with E-state index in [-0.39, 0.29) is 18.4 Å². The van der Waals surface area contributed by atoms with Crippen LogP contribution in [0.1, 0.15) is 43.6 Å². The number of nitrogens with one attached hydrogen (secondary N) is 2. The summed E-state index contributed by atoms with van der Waals surface area (Å²) in [6, 6.07) is 10.1. The molecule has 0 saturated carbocycles. The van der Waals surface area contributed by atoms with Crippen LogP contribution in [0.25, 0.3) is 0 Å². The molecule has 0 radical (unpaired) electrons. The standard InChI is InChI=1S/C22H31N3O4/c1-15-19(22(27)29-12-11-28-5)16(2)24-20(15)21(26)23-13-18(14-25(3)4)17-9-7-6-8-10-17/h6-10,18,24H,11-14H2,1-5H3,(H,23,26)/t18-/m0/s1. The van der Waals surface area contributed by atoms with Gasteiger partial charge in [-0.25, -0.2) is 4.79 Å². The molecule has 2 aromatic rings. The topological polar surface area (TPSA) is 83.7 Å². The first kappa shape index (κ1) is 22.6. The number of nitrogens with zero attached hydrogens (tertiary/aromatic N) is 1. The van der Waals surface area contributed by atoms with Crippen molar-refractivity contribution < 1.29 is 19.1 Å². The summed E-state index contributed by atoms with van der Waals surface area (Å²) in [6.07, 6.45) is 0. The van der Waals surface area contributed by atoms with Crippen molar-refractivity contribution in [1.29, 1.82) is 0 Å². The lowest BCUT2D eigenvalue weighted by atomic mass is 9.98. The van der Waals surface area contributed by atoms with Crippen LogP contribution in [-0.4, -0.2) is 69.3 Å². The minimum Gasteiger partial charge on any atom is -0.460 e. The Bertz CT molecular complexity index is 815. The average molecular weight is 402 g/mol. The Morgan fingerprint density at radius 3 is 2.45 bits per heavy atom. The van der Waals surface area contributed by atoms with Crippen LogP contribution in [0.4, 0.5) is 0 Å². The maximum atomic E-state index is 12.8. The number of esters is 1. The number of carbonyl (C=O) groups is 2. The predicted octanol–water partition coefficient (Wildman–Crippen LogP) is 2.51. The Morgan fingerprint density at radius 2 is 1.83 bits per heavy atom. The smallest absolute Gasteiger partial charge is 0.340 e. The van der Waals surface area contributed by atoms with Gasteiger partial charge in [-0.2, -0.15) is 0 Å². The second kappa shape index (κ2) is 10.8. The summed E-state index contributed by atoms with van der Waals surface area (Å²) in [6.45, 7) is 5.31. The van der Waals surface area contributed by atoms with E-state index < -0.39 is 5.97 Å². The van der Waals surface area contributed by atoms with Crippen molar-refractivity contribution in [2.45, 2.75) is 19.8 Å². The van der Waals surface area contributed by atoms with Gasteiger partial charge in [0.1, 0.15) is 12.3 Å². The number of benzene rings is 1. The van der Waals surface area contributed by atoms with Crippen LogP contribution in [0.15, 0.2) is 30.3 Å². The summed E-state index contributed by atoms with van der Waals surface area (Å²) >= 11 is 0. The maximum Gasteiger partial charge on any atom is 0.340 e. The fraction of sp³-hybridized carbons (Fsp3) is 0.455. The molecule has 1 amide bonds. The monoisotopic (exact) mass is 401 g/mol. The van der Waals surface area contributed by atoms with Crippen molar-refractivity contribution in [3.63, 3.8) is 0 Å². The molecular weight excluding hydrogens is 370 g/mol. The lowest BCUT2D eigenvalue weighted by Crippen LogP contribution is -2.33. The lowest BCUT2D eigenvalue weighted by molar-refractivity contribution is 0.0387. The highest BCUT2D eigenvalue weighted by molar-refractivity contribution is 6.00. The Morgan fingerprint density at radius 1 is 1.14 bits per heavy atom. The van der Waals surface area contributed by atoms with Crippen molar-refractivity contribution in [3.8, 4) is 0 Å². The first-order valence-electron chi connectivity index (χ1n) is 9.68. The minimum atomic E-state index is -0.456. The van der Waals surface area contributed by atoms with E-state index in [9.17, 15) is 9.59 Å². The van der Waals surface area contributed by atoms with E-state index in [0.29, 0.717) is 35.7 Å². The van der Waals surface area contributed by atoms with E-state index in [2.05, 4.69) is 27.3 Å². The second-order valence-corrected chi connectivity index (χ2v) is 7.33. The highest BCUT2D eigenvalue weighted by Crippen LogP contribution is 2.20. The fourth-order valence-electron chi connectivity index (χ4n) is 3.33. The first-order chi connectivity index (χ1) is 13.8. The van der Waals surface area contributed by atoms with Gasteiger partial charge >= 0.3 is 5.97 Å². The van der Waals surface area contributed by atoms with Crippen LogP contribution in [0.5, 0.6) is 0 Å². The fourth-order valence-corrected chi connectivity index (χ4v) is 3.33. The van der Waals surface area contributed by atoms with E-state index in [1.807, 2.05) is 32.3 Å². The molecule has 158 valence electrons. The average Bonchev–Trinajstić information content (AvgIpc) is 2.99. The molecule has 0 aliphatic heterocycles. The van der Waals surface area contributed by atoms with Gasteiger partial charge in [0.25, 0.3) is 5.91 Å². The summed E-state index contributed by atoms with van der Waals surface area (Å²) in [5, 5.41) is 3.01. The van der Waals surface area contributed by atoms with E-state index in [1.165, 1.54) is 5.56 Å². The van der Waals surface area contributed by atoms with Crippen molar-refractivity contribution in [3.05, 3.63) is 58.4 Å². The maximum absolute atomic E-state index is 12.8. The number of H-pyrrole nitrogens is 1. The normalized spacial score (nSPS) is 12.1. The highest BCUT2D eigenvalue weighted by Gasteiger charge is 2.23. The molecule has 2 N–H and O–H groups in total. The molecule has 1 aromatic heterocycles. The van der Waals surface area contributed by atoms with Gasteiger partial charge in [0.15, 0.2) is 0 Å². The van der Waals surface area contributed by atoms with Gasteiger partial charge in [-0.05, 0) is 39.1 Å². The molecule has 2 rings (SSSR count). The zero-order valence-corrected chi connectivity index (χ0v) is 17.9. The molecule has 1 aromatic carbocycles. The minimum absolute atomic E-state index is 0.157. The number of aromatic nitrogens is 1. The molecule has 0 saturated heterocycles. The zero-order chi connectivity index (χ0) is 21.4. The van der Waals surface area contributed by atoms with E-state index in [4.69, 9.17) is 9.47 Å². The largest absolute Gasteiger partial charge is 0.460 e. The first-order valence-corrected chi connectivity index (χ1v) is 9.68. The van der Waals surface area contributed by atoms with Gasteiger partial charge in [-0.1, -0.05) is 30.3 Å². The SMILES string of the molecule is COCCOC(=O)c1c(C)[nH]c(C(=O)NC[C@@H](CN(C)C)c2ccccc2)c1C. The van der Waals surface area contributed by atoms with E-state index in [0.717, 1.165) is 6.54 Å². The number of amides is 1. The van der Waals surface area contributed by atoms with Gasteiger partial charge in [0, 0.05) is 31.8 Å². The molecule has 0 unspecified atom stereocenters. The Labute approximate surface area is 172 Å². The van der Waals surface area contributed by atoms with E-state index >= 15 is 0 Å². The molecule has 0 fully saturated rings. The van der Waals surface area contributed by atoms with Gasteiger partial charge in [-0.15, -0.1) is 0 Å². The third-order valence-electron chi connectivity index (χ3n) is 4.75. The number of rotatable bonds is 10. The van der Waals surface area contributed by atoms with Crippen LogP contribution in [0, 0.1) is 13.8 Å². The number of ether oxygens (including phenoxy) is 2. The third kappa shape index (κ3) is 6.17. The lowest BCUT2D eigenvalue weighted by Gasteiger charge is -2.22. The van der Waals surface area contributed by atoms with Gasteiger partial charge in [0.2, 0.25) is 0 Å². The summed E-state index contributed by atoms with van der Waals surface area (Å²) < 4.78 is 10.1. The Hall–Kier alpha value is -2.64. The van der Waals surface area contributed by atoms with Gasteiger partial charge in [-0.3, -0.25) is 4.79 Å². The number of aryl methyl sites for hydroxylation is 1.